The number of ketones is 3. The summed E-state index contributed by atoms with van der Waals surface area (Å²) in [7, 11) is 0. The predicted molar refractivity (Wildman–Crippen MR) is 103 cm³/mol. The van der Waals surface area contributed by atoms with Crippen molar-refractivity contribution < 1.29 is 14.4 Å². The molecule has 1 unspecified atom stereocenters. The summed E-state index contributed by atoms with van der Waals surface area (Å²) in [5.74, 6) is -0.659. The number of Topliss-reactive ketones (excluding diaryl/α,β-unsaturated/α-hetero) is 2. The van der Waals surface area contributed by atoms with Gasteiger partial charge >= 0.3 is 0 Å². The first kappa shape index (κ1) is 17.1. The Kier molecular flexibility index (Phi) is 4.51. The molecule has 1 atom stereocenters. The normalized spacial score (nSPS) is 15.9. The van der Waals surface area contributed by atoms with Gasteiger partial charge in [-0.25, -0.2) is 0 Å². The minimum Gasteiger partial charge on any atom is -0.294 e. The Labute approximate surface area is 157 Å². The SMILES string of the molecule is O=C(c1ccccc1)c1cccc2c1C(=O)CCC2C(=O)c1ccccc1. The molecule has 132 valence electrons. The van der Waals surface area contributed by atoms with E-state index in [0.717, 1.165) is 0 Å². The van der Waals surface area contributed by atoms with E-state index in [2.05, 4.69) is 0 Å². The quantitative estimate of drug-likeness (QED) is 0.629. The van der Waals surface area contributed by atoms with Gasteiger partial charge in [0.25, 0.3) is 0 Å². The van der Waals surface area contributed by atoms with E-state index in [1.54, 1.807) is 54.6 Å². The number of carbonyl (C=O) groups excluding carboxylic acids is 3. The number of carbonyl (C=O) groups is 3. The Hall–Kier alpha value is -3.33. The second-order valence-corrected chi connectivity index (χ2v) is 6.71. The third kappa shape index (κ3) is 3.13. The third-order valence-electron chi connectivity index (χ3n) is 5.07. The van der Waals surface area contributed by atoms with Crippen LogP contribution in [0.3, 0.4) is 0 Å². The fourth-order valence-corrected chi connectivity index (χ4v) is 3.74. The van der Waals surface area contributed by atoms with E-state index in [1.165, 1.54) is 0 Å². The van der Waals surface area contributed by atoms with Gasteiger partial charge in [0.05, 0.1) is 0 Å². The van der Waals surface area contributed by atoms with Crippen molar-refractivity contribution in [2.45, 2.75) is 18.8 Å². The summed E-state index contributed by atoms with van der Waals surface area (Å²) < 4.78 is 0. The molecule has 3 aromatic carbocycles. The highest BCUT2D eigenvalue weighted by Crippen LogP contribution is 2.36. The van der Waals surface area contributed by atoms with Crippen LogP contribution in [0.1, 0.15) is 61.0 Å². The van der Waals surface area contributed by atoms with Gasteiger partial charge in [-0.15, -0.1) is 0 Å². The van der Waals surface area contributed by atoms with Gasteiger partial charge in [0, 0.05) is 34.6 Å². The molecule has 0 bridgehead atoms. The monoisotopic (exact) mass is 354 g/mol. The van der Waals surface area contributed by atoms with Gasteiger partial charge in [0.1, 0.15) is 0 Å². The van der Waals surface area contributed by atoms with Crippen LogP contribution in [0.2, 0.25) is 0 Å². The summed E-state index contributed by atoms with van der Waals surface area (Å²) in [5.41, 5.74) is 2.63. The number of fused-ring (bicyclic) bond motifs is 1. The van der Waals surface area contributed by atoms with Crippen molar-refractivity contribution in [3.63, 3.8) is 0 Å². The van der Waals surface area contributed by atoms with Crippen LogP contribution >= 0.6 is 0 Å². The van der Waals surface area contributed by atoms with E-state index in [1.807, 2.05) is 24.3 Å². The molecule has 0 aromatic heterocycles. The summed E-state index contributed by atoms with van der Waals surface area (Å²) in [6.45, 7) is 0. The molecule has 3 nitrogen and oxygen atoms in total. The predicted octanol–water partition coefficient (Wildman–Crippen LogP) is 4.86. The highest BCUT2D eigenvalue weighted by atomic mass is 16.1. The molecule has 0 aliphatic heterocycles. The highest BCUT2D eigenvalue weighted by molar-refractivity contribution is 6.17. The van der Waals surface area contributed by atoms with Crippen LogP contribution in [-0.4, -0.2) is 17.3 Å². The molecule has 0 radical (unpaired) electrons. The molecular weight excluding hydrogens is 336 g/mol. The zero-order chi connectivity index (χ0) is 18.8. The maximum absolute atomic E-state index is 13.0. The minimum absolute atomic E-state index is 0.00587. The summed E-state index contributed by atoms with van der Waals surface area (Å²) in [5, 5.41) is 0. The molecule has 0 fully saturated rings. The molecule has 0 amide bonds. The van der Waals surface area contributed by atoms with E-state index < -0.39 is 5.92 Å². The molecule has 0 saturated heterocycles. The Balaban J connectivity index is 1.80. The molecule has 3 aromatic rings. The van der Waals surface area contributed by atoms with Crippen molar-refractivity contribution >= 4 is 17.3 Å². The molecule has 4 rings (SSSR count). The second-order valence-electron chi connectivity index (χ2n) is 6.71. The van der Waals surface area contributed by atoms with Gasteiger partial charge in [-0.05, 0) is 12.0 Å². The molecule has 0 saturated carbocycles. The maximum Gasteiger partial charge on any atom is 0.193 e. The van der Waals surface area contributed by atoms with Crippen LogP contribution in [0.15, 0.2) is 78.9 Å². The summed E-state index contributed by atoms with van der Waals surface area (Å²) in [4.78, 5) is 38.7. The van der Waals surface area contributed by atoms with Crippen molar-refractivity contribution in [2.24, 2.45) is 0 Å². The number of hydrogen-bond donors (Lipinski definition) is 0. The number of benzene rings is 3. The average molecular weight is 354 g/mol. The summed E-state index contributed by atoms with van der Waals surface area (Å²) in [6.07, 6.45) is 0.748. The zero-order valence-corrected chi connectivity index (χ0v) is 14.7. The second kappa shape index (κ2) is 7.12. The van der Waals surface area contributed by atoms with E-state index in [-0.39, 0.29) is 23.8 Å². The smallest absolute Gasteiger partial charge is 0.193 e. The van der Waals surface area contributed by atoms with E-state index >= 15 is 0 Å². The molecule has 0 N–H and O–H groups in total. The first-order valence-corrected chi connectivity index (χ1v) is 9.02. The average Bonchev–Trinajstić information content (AvgIpc) is 2.74. The van der Waals surface area contributed by atoms with Gasteiger partial charge in [0.2, 0.25) is 0 Å². The highest BCUT2D eigenvalue weighted by Gasteiger charge is 2.33. The lowest BCUT2D eigenvalue weighted by molar-refractivity contribution is 0.0910. The lowest BCUT2D eigenvalue weighted by Crippen LogP contribution is -2.24. The number of hydrogen-bond acceptors (Lipinski definition) is 3. The lowest BCUT2D eigenvalue weighted by Gasteiger charge is -2.25. The first-order valence-electron chi connectivity index (χ1n) is 9.02. The zero-order valence-electron chi connectivity index (χ0n) is 14.7. The van der Waals surface area contributed by atoms with Crippen LogP contribution in [0.25, 0.3) is 0 Å². The van der Waals surface area contributed by atoms with Gasteiger partial charge in [-0.3, -0.25) is 14.4 Å². The fourth-order valence-electron chi connectivity index (χ4n) is 3.74. The molecule has 0 spiro atoms. The van der Waals surface area contributed by atoms with Gasteiger partial charge in [-0.2, -0.15) is 0 Å². The standard InChI is InChI=1S/C24H18O3/c25-21-15-14-19(23(26)16-8-3-1-4-9-16)18-12-7-13-20(22(18)21)24(27)17-10-5-2-6-11-17/h1-13,19H,14-15H2. The van der Waals surface area contributed by atoms with Crippen LogP contribution in [0, 0.1) is 0 Å². The van der Waals surface area contributed by atoms with Crippen LogP contribution < -0.4 is 0 Å². The largest absolute Gasteiger partial charge is 0.294 e. The Morgan fingerprint density at radius 3 is 2.04 bits per heavy atom. The minimum atomic E-state index is -0.399. The van der Waals surface area contributed by atoms with Crippen molar-refractivity contribution in [2.75, 3.05) is 0 Å². The third-order valence-corrected chi connectivity index (χ3v) is 5.07. The van der Waals surface area contributed by atoms with Crippen LogP contribution in [0.4, 0.5) is 0 Å². The molecule has 1 aliphatic carbocycles. The van der Waals surface area contributed by atoms with Crippen molar-refractivity contribution in [3.05, 3.63) is 107 Å². The van der Waals surface area contributed by atoms with Crippen LogP contribution in [0.5, 0.6) is 0 Å². The van der Waals surface area contributed by atoms with Crippen molar-refractivity contribution in [3.8, 4) is 0 Å². The van der Waals surface area contributed by atoms with E-state index in [0.29, 0.717) is 34.2 Å². The van der Waals surface area contributed by atoms with E-state index in [4.69, 9.17) is 0 Å². The Morgan fingerprint density at radius 1 is 0.741 bits per heavy atom. The molecule has 27 heavy (non-hydrogen) atoms. The maximum atomic E-state index is 13.0. The molecule has 3 heteroatoms. The molecule has 1 aliphatic rings. The first-order chi connectivity index (χ1) is 13.2. The molecule has 0 heterocycles. The Morgan fingerprint density at radius 2 is 1.37 bits per heavy atom. The van der Waals surface area contributed by atoms with Crippen molar-refractivity contribution in [1.29, 1.82) is 0 Å². The summed E-state index contributed by atoms with van der Waals surface area (Å²) in [6, 6.07) is 23.3. The topological polar surface area (TPSA) is 51.2 Å². The fraction of sp³-hybridized carbons (Fsp3) is 0.125. The van der Waals surface area contributed by atoms with Gasteiger partial charge in [-0.1, -0.05) is 78.9 Å². The van der Waals surface area contributed by atoms with Crippen LogP contribution in [-0.2, 0) is 0 Å². The lowest BCUT2D eigenvalue weighted by atomic mass is 9.76. The Bertz CT molecular complexity index is 1020. The van der Waals surface area contributed by atoms with E-state index in [9.17, 15) is 14.4 Å². The molecular formula is C24H18O3. The van der Waals surface area contributed by atoms with Crippen molar-refractivity contribution in [1.82, 2.24) is 0 Å². The van der Waals surface area contributed by atoms with Gasteiger partial charge in [0.15, 0.2) is 17.3 Å². The number of rotatable bonds is 4. The van der Waals surface area contributed by atoms with Gasteiger partial charge < -0.3 is 0 Å². The summed E-state index contributed by atoms with van der Waals surface area (Å²) >= 11 is 0.